The van der Waals surface area contributed by atoms with E-state index >= 15 is 0 Å². The summed E-state index contributed by atoms with van der Waals surface area (Å²) in [6, 6.07) is 2.72. The first-order valence-electron chi connectivity index (χ1n) is 3.18. The van der Waals surface area contributed by atoms with Gasteiger partial charge >= 0.3 is 6.18 Å². The van der Waals surface area contributed by atoms with Crippen LogP contribution in [-0.4, -0.2) is 11.3 Å². The fraction of sp³-hybridized carbons (Fsp3) is 0.286. The molecule has 0 saturated carbocycles. The molecule has 1 aromatic heterocycles. The lowest BCUT2D eigenvalue weighted by Crippen LogP contribution is -2.18. The minimum Gasteiger partial charge on any atom is -0.379 e. The number of aliphatic hydroxyl groups excluding tert-OH is 1. The molecule has 1 heterocycles. The van der Waals surface area contributed by atoms with Crippen LogP contribution in [0, 0.1) is 11.3 Å². The third-order valence-electron chi connectivity index (χ3n) is 1.33. The second-order valence-electron chi connectivity index (χ2n) is 2.29. The van der Waals surface area contributed by atoms with Gasteiger partial charge in [0, 0.05) is 10.3 Å². The van der Waals surface area contributed by atoms with E-state index in [1.807, 2.05) is 0 Å². The number of nitrogens with zero attached hydrogens (tertiary/aromatic N) is 1. The average molecular weight is 207 g/mol. The van der Waals surface area contributed by atoms with Crippen LogP contribution in [0.4, 0.5) is 13.2 Å². The molecule has 0 aliphatic rings. The Kier molecular flexibility index (Phi) is 2.59. The summed E-state index contributed by atoms with van der Waals surface area (Å²) in [5.74, 6) is 0. The fourth-order valence-corrected chi connectivity index (χ4v) is 1.56. The van der Waals surface area contributed by atoms with Crippen molar-refractivity contribution in [2.75, 3.05) is 0 Å². The van der Waals surface area contributed by atoms with E-state index in [1.54, 1.807) is 6.07 Å². The summed E-state index contributed by atoms with van der Waals surface area (Å²) in [7, 11) is 0. The van der Waals surface area contributed by atoms with Gasteiger partial charge in [0.1, 0.15) is 6.07 Å². The number of halogens is 3. The van der Waals surface area contributed by atoms with E-state index in [1.165, 1.54) is 5.38 Å². The van der Waals surface area contributed by atoms with Gasteiger partial charge in [-0.25, -0.2) is 0 Å². The predicted molar refractivity (Wildman–Crippen MR) is 40.0 cm³/mol. The first-order valence-corrected chi connectivity index (χ1v) is 4.06. The quantitative estimate of drug-likeness (QED) is 0.767. The van der Waals surface area contributed by atoms with Gasteiger partial charge in [0.15, 0.2) is 6.10 Å². The Morgan fingerprint density at radius 1 is 1.54 bits per heavy atom. The van der Waals surface area contributed by atoms with Gasteiger partial charge in [0.05, 0.1) is 5.56 Å². The lowest BCUT2D eigenvalue weighted by Gasteiger charge is -2.11. The van der Waals surface area contributed by atoms with Crippen molar-refractivity contribution >= 4 is 11.3 Å². The molecule has 0 fully saturated rings. The van der Waals surface area contributed by atoms with Gasteiger partial charge < -0.3 is 5.11 Å². The second-order valence-corrected chi connectivity index (χ2v) is 3.24. The Balaban J connectivity index is 2.91. The third-order valence-corrected chi connectivity index (χ3v) is 2.31. The molecule has 1 rings (SSSR count). The molecule has 0 aliphatic carbocycles. The first kappa shape index (κ1) is 10.0. The number of aliphatic hydroxyl groups is 1. The monoisotopic (exact) mass is 207 g/mol. The van der Waals surface area contributed by atoms with Crippen LogP contribution < -0.4 is 0 Å². The van der Waals surface area contributed by atoms with Gasteiger partial charge in [-0.05, 0) is 6.07 Å². The second kappa shape index (κ2) is 3.36. The molecule has 13 heavy (non-hydrogen) atoms. The highest BCUT2D eigenvalue weighted by Gasteiger charge is 2.40. The molecule has 1 aromatic rings. The number of nitriles is 1. The molecular formula is C7H4F3NOS. The molecule has 0 aliphatic heterocycles. The van der Waals surface area contributed by atoms with Gasteiger partial charge in [0.25, 0.3) is 0 Å². The molecule has 0 spiro atoms. The lowest BCUT2D eigenvalue weighted by molar-refractivity contribution is -0.205. The zero-order chi connectivity index (χ0) is 10.1. The Hall–Kier alpha value is -1.06. The van der Waals surface area contributed by atoms with Gasteiger partial charge in [0.2, 0.25) is 0 Å². The van der Waals surface area contributed by atoms with Gasteiger partial charge in [-0.2, -0.15) is 18.4 Å². The molecule has 1 atom stereocenters. The smallest absolute Gasteiger partial charge is 0.379 e. The number of rotatable bonds is 1. The Morgan fingerprint density at radius 3 is 2.54 bits per heavy atom. The van der Waals surface area contributed by atoms with E-state index in [0.29, 0.717) is 11.3 Å². The van der Waals surface area contributed by atoms with Crippen molar-refractivity contribution in [3.05, 3.63) is 21.9 Å². The maximum atomic E-state index is 11.9. The standard InChI is InChI=1S/C7H4F3NOS/c8-7(9,10)6(12)5-1-4(2-11)3-13-5/h1,3,6,12H/t6-/m0/s1. The molecule has 0 aromatic carbocycles. The zero-order valence-electron chi connectivity index (χ0n) is 6.17. The molecule has 0 saturated heterocycles. The summed E-state index contributed by atoms with van der Waals surface area (Å²) < 4.78 is 35.8. The third kappa shape index (κ3) is 2.20. The van der Waals surface area contributed by atoms with Crippen LogP contribution in [-0.2, 0) is 0 Å². The number of alkyl halides is 3. The summed E-state index contributed by atoms with van der Waals surface area (Å²) in [5.41, 5.74) is 0.128. The number of hydrogen-bond acceptors (Lipinski definition) is 3. The average Bonchev–Trinajstić information content (AvgIpc) is 2.48. The van der Waals surface area contributed by atoms with Crippen molar-refractivity contribution in [1.82, 2.24) is 0 Å². The molecule has 1 N–H and O–H groups in total. The van der Waals surface area contributed by atoms with Crippen LogP contribution in [0.3, 0.4) is 0 Å². The van der Waals surface area contributed by atoms with Crippen LogP contribution in [0.25, 0.3) is 0 Å². The van der Waals surface area contributed by atoms with E-state index in [2.05, 4.69) is 0 Å². The molecule has 70 valence electrons. The zero-order valence-corrected chi connectivity index (χ0v) is 6.99. The van der Waals surface area contributed by atoms with Crippen LogP contribution >= 0.6 is 11.3 Å². The van der Waals surface area contributed by atoms with Crippen molar-refractivity contribution in [2.45, 2.75) is 12.3 Å². The summed E-state index contributed by atoms with van der Waals surface area (Å²) in [6.07, 6.45) is -7.16. The van der Waals surface area contributed by atoms with Crippen molar-refractivity contribution < 1.29 is 18.3 Å². The molecule has 0 amide bonds. The SMILES string of the molecule is N#Cc1csc([C@H](O)C(F)(F)F)c1. The van der Waals surface area contributed by atoms with Crippen molar-refractivity contribution in [1.29, 1.82) is 5.26 Å². The summed E-state index contributed by atoms with van der Waals surface area (Å²) in [5, 5.41) is 18.3. The summed E-state index contributed by atoms with van der Waals surface area (Å²) >= 11 is 0.717. The van der Waals surface area contributed by atoms with Crippen molar-refractivity contribution in [3.8, 4) is 6.07 Å². The van der Waals surface area contributed by atoms with Crippen molar-refractivity contribution in [3.63, 3.8) is 0 Å². The van der Waals surface area contributed by atoms with Gasteiger partial charge in [-0.3, -0.25) is 0 Å². The Bertz CT molecular complexity index is 338. The van der Waals surface area contributed by atoms with Crippen LogP contribution in [0.2, 0.25) is 0 Å². The van der Waals surface area contributed by atoms with Gasteiger partial charge in [-0.15, -0.1) is 11.3 Å². The highest BCUT2D eigenvalue weighted by molar-refractivity contribution is 7.10. The largest absolute Gasteiger partial charge is 0.419 e. The molecule has 2 nitrogen and oxygen atoms in total. The van der Waals surface area contributed by atoms with E-state index < -0.39 is 12.3 Å². The maximum Gasteiger partial charge on any atom is 0.419 e. The molecule has 0 radical (unpaired) electrons. The van der Waals surface area contributed by atoms with Crippen LogP contribution in [0.5, 0.6) is 0 Å². The van der Waals surface area contributed by atoms with Crippen LogP contribution in [0.15, 0.2) is 11.4 Å². The minimum absolute atomic E-state index is 0.128. The van der Waals surface area contributed by atoms with E-state index in [4.69, 9.17) is 10.4 Å². The lowest BCUT2D eigenvalue weighted by atomic mass is 10.2. The highest BCUT2D eigenvalue weighted by atomic mass is 32.1. The first-order chi connectivity index (χ1) is 5.95. The maximum absolute atomic E-state index is 11.9. The van der Waals surface area contributed by atoms with E-state index in [9.17, 15) is 13.2 Å². The number of hydrogen-bond donors (Lipinski definition) is 1. The summed E-state index contributed by atoms with van der Waals surface area (Å²) in [6.45, 7) is 0. The fourth-order valence-electron chi connectivity index (χ4n) is 0.716. The predicted octanol–water partition coefficient (Wildman–Crippen LogP) is 2.22. The van der Waals surface area contributed by atoms with Crippen molar-refractivity contribution in [2.24, 2.45) is 0 Å². The Labute approximate surface area is 75.9 Å². The van der Waals surface area contributed by atoms with Gasteiger partial charge in [-0.1, -0.05) is 0 Å². The van der Waals surface area contributed by atoms with E-state index in [-0.39, 0.29) is 10.4 Å². The molecular weight excluding hydrogens is 203 g/mol. The Morgan fingerprint density at radius 2 is 2.15 bits per heavy atom. The molecule has 6 heteroatoms. The normalized spacial score (nSPS) is 13.8. The molecule has 0 unspecified atom stereocenters. The topological polar surface area (TPSA) is 44.0 Å². The highest BCUT2D eigenvalue weighted by Crippen LogP contribution is 2.35. The van der Waals surface area contributed by atoms with E-state index in [0.717, 1.165) is 6.07 Å². The van der Waals surface area contributed by atoms with Crippen LogP contribution in [0.1, 0.15) is 16.5 Å². The number of thiophene rings is 1. The summed E-state index contributed by atoms with van der Waals surface area (Å²) in [4.78, 5) is -0.260. The minimum atomic E-state index is -4.67. The molecule has 0 bridgehead atoms.